The summed E-state index contributed by atoms with van der Waals surface area (Å²) in [7, 11) is 3.14. The number of thioether (sulfide) groups is 1. The molecule has 1 aliphatic heterocycles. The fourth-order valence-corrected chi connectivity index (χ4v) is 4.74. The molecular formula is C23H27ClN2O4S. The van der Waals surface area contributed by atoms with Crippen molar-refractivity contribution in [3.05, 3.63) is 47.0 Å². The summed E-state index contributed by atoms with van der Waals surface area (Å²) in [5.74, 6) is 1.99. The molecule has 1 amide bonds. The van der Waals surface area contributed by atoms with Crippen LogP contribution in [0.5, 0.6) is 17.2 Å². The highest BCUT2D eigenvalue weighted by atomic mass is 35.5. The third-order valence-electron chi connectivity index (χ3n) is 4.80. The van der Waals surface area contributed by atoms with Crippen LogP contribution in [0.15, 0.2) is 41.4 Å². The van der Waals surface area contributed by atoms with Crippen molar-refractivity contribution >= 4 is 40.1 Å². The van der Waals surface area contributed by atoms with Crippen molar-refractivity contribution in [3.63, 3.8) is 0 Å². The molecule has 1 aliphatic rings. The second-order valence-corrected chi connectivity index (χ2v) is 8.50. The zero-order valence-electron chi connectivity index (χ0n) is 18.2. The van der Waals surface area contributed by atoms with Crippen molar-refractivity contribution < 1.29 is 19.0 Å². The summed E-state index contributed by atoms with van der Waals surface area (Å²) in [6, 6.07) is 11.1. The molecule has 0 aliphatic carbocycles. The summed E-state index contributed by atoms with van der Waals surface area (Å²) >= 11 is 7.92. The minimum atomic E-state index is -0.302. The van der Waals surface area contributed by atoms with Gasteiger partial charge in [-0.25, -0.2) is 4.99 Å². The molecule has 31 heavy (non-hydrogen) atoms. The number of amides is 1. The van der Waals surface area contributed by atoms with Gasteiger partial charge >= 0.3 is 0 Å². The van der Waals surface area contributed by atoms with E-state index in [9.17, 15) is 4.79 Å². The van der Waals surface area contributed by atoms with Gasteiger partial charge in [-0.15, -0.1) is 0 Å². The molecule has 0 spiro atoms. The predicted octanol–water partition coefficient (Wildman–Crippen LogP) is 5.34. The number of aliphatic imine (C=N–C) groups is 1. The van der Waals surface area contributed by atoms with Gasteiger partial charge in [-0.05, 0) is 55.7 Å². The number of benzene rings is 2. The van der Waals surface area contributed by atoms with Crippen LogP contribution < -0.4 is 14.2 Å². The quantitative estimate of drug-likeness (QED) is 0.503. The van der Waals surface area contributed by atoms with Gasteiger partial charge in [-0.3, -0.25) is 9.69 Å². The third-order valence-corrected chi connectivity index (χ3v) is 6.32. The Morgan fingerprint density at radius 1 is 1.10 bits per heavy atom. The van der Waals surface area contributed by atoms with E-state index in [0.717, 1.165) is 23.4 Å². The SMILES string of the molecule is CCCN1C(=O)[C@H](Cc2cc(OC)c(OC)cc2Cl)SC1=Nc1ccc(OCC)cc1. The van der Waals surface area contributed by atoms with E-state index >= 15 is 0 Å². The summed E-state index contributed by atoms with van der Waals surface area (Å²) in [6.07, 6.45) is 1.32. The number of amidine groups is 1. The van der Waals surface area contributed by atoms with Crippen LogP contribution in [0.1, 0.15) is 25.8 Å². The zero-order valence-corrected chi connectivity index (χ0v) is 19.8. The highest BCUT2D eigenvalue weighted by Crippen LogP contribution is 2.37. The molecular weight excluding hydrogens is 436 g/mol. The van der Waals surface area contributed by atoms with Crippen LogP contribution >= 0.6 is 23.4 Å². The van der Waals surface area contributed by atoms with Gasteiger partial charge in [-0.2, -0.15) is 0 Å². The van der Waals surface area contributed by atoms with E-state index in [-0.39, 0.29) is 11.2 Å². The molecule has 0 unspecified atom stereocenters. The van der Waals surface area contributed by atoms with Gasteiger partial charge in [0.25, 0.3) is 0 Å². The lowest BCUT2D eigenvalue weighted by molar-refractivity contribution is -0.126. The minimum Gasteiger partial charge on any atom is -0.494 e. The maximum Gasteiger partial charge on any atom is 0.242 e. The van der Waals surface area contributed by atoms with Crippen LogP contribution in [-0.4, -0.2) is 48.6 Å². The lowest BCUT2D eigenvalue weighted by atomic mass is 10.1. The van der Waals surface area contributed by atoms with Crippen LogP contribution in [0.2, 0.25) is 5.02 Å². The van der Waals surface area contributed by atoms with Crippen LogP contribution in [0.3, 0.4) is 0 Å². The molecule has 8 heteroatoms. The van der Waals surface area contributed by atoms with Crippen LogP contribution in [0.4, 0.5) is 5.69 Å². The molecule has 0 aromatic heterocycles. The molecule has 0 saturated carbocycles. The lowest BCUT2D eigenvalue weighted by Gasteiger charge is -2.16. The van der Waals surface area contributed by atoms with E-state index in [1.54, 1.807) is 25.2 Å². The smallest absolute Gasteiger partial charge is 0.242 e. The lowest BCUT2D eigenvalue weighted by Crippen LogP contribution is -2.33. The average molecular weight is 463 g/mol. The molecule has 0 N–H and O–H groups in total. The van der Waals surface area contributed by atoms with E-state index in [0.29, 0.717) is 41.3 Å². The second-order valence-electron chi connectivity index (χ2n) is 6.92. The fraction of sp³-hybridized carbons (Fsp3) is 0.391. The van der Waals surface area contributed by atoms with Crippen molar-refractivity contribution in [2.45, 2.75) is 31.9 Å². The van der Waals surface area contributed by atoms with Crippen molar-refractivity contribution in [1.82, 2.24) is 4.90 Å². The Balaban J connectivity index is 1.84. The first-order valence-corrected chi connectivity index (χ1v) is 11.5. The van der Waals surface area contributed by atoms with E-state index in [2.05, 4.69) is 0 Å². The van der Waals surface area contributed by atoms with E-state index in [4.69, 9.17) is 30.8 Å². The first-order valence-electron chi connectivity index (χ1n) is 10.2. The molecule has 1 saturated heterocycles. The van der Waals surface area contributed by atoms with Gasteiger partial charge in [0.05, 0.1) is 31.8 Å². The number of carbonyl (C=O) groups excluding carboxylic acids is 1. The van der Waals surface area contributed by atoms with Crippen LogP contribution in [-0.2, 0) is 11.2 Å². The van der Waals surface area contributed by atoms with Gasteiger partial charge in [-0.1, -0.05) is 30.3 Å². The second kappa shape index (κ2) is 10.8. The van der Waals surface area contributed by atoms with Crippen LogP contribution in [0.25, 0.3) is 0 Å². The Morgan fingerprint density at radius 2 is 1.77 bits per heavy atom. The topological polar surface area (TPSA) is 60.4 Å². The number of hydrogen-bond acceptors (Lipinski definition) is 6. The molecule has 2 aromatic carbocycles. The molecule has 2 aromatic rings. The monoisotopic (exact) mass is 462 g/mol. The molecule has 0 bridgehead atoms. The predicted molar refractivity (Wildman–Crippen MR) is 126 cm³/mol. The van der Waals surface area contributed by atoms with Gasteiger partial charge < -0.3 is 14.2 Å². The van der Waals surface area contributed by atoms with E-state index < -0.39 is 0 Å². The normalized spacial score (nSPS) is 17.3. The third kappa shape index (κ3) is 5.46. The maximum absolute atomic E-state index is 13.1. The zero-order chi connectivity index (χ0) is 22.4. The van der Waals surface area contributed by atoms with Crippen molar-refractivity contribution in [2.75, 3.05) is 27.4 Å². The minimum absolute atomic E-state index is 0.0439. The number of halogens is 1. The maximum atomic E-state index is 13.1. The van der Waals surface area contributed by atoms with Gasteiger partial charge in [0.2, 0.25) is 5.91 Å². The number of methoxy groups -OCH3 is 2. The molecule has 1 heterocycles. The number of nitrogens with zero attached hydrogens (tertiary/aromatic N) is 2. The largest absolute Gasteiger partial charge is 0.494 e. The Hall–Kier alpha value is -2.38. The van der Waals surface area contributed by atoms with Gasteiger partial charge in [0.15, 0.2) is 16.7 Å². The molecule has 3 rings (SSSR count). The van der Waals surface area contributed by atoms with Gasteiger partial charge in [0, 0.05) is 17.6 Å². The Kier molecular flexibility index (Phi) is 8.09. The summed E-state index contributed by atoms with van der Waals surface area (Å²) in [5.41, 5.74) is 1.62. The molecule has 0 radical (unpaired) electrons. The molecule has 1 atom stereocenters. The van der Waals surface area contributed by atoms with E-state index in [1.807, 2.05) is 44.2 Å². The Bertz CT molecular complexity index is 949. The first-order chi connectivity index (χ1) is 15.0. The number of ether oxygens (including phenoxy) is 3. The average Bonchev–Trinajstić information content (AvgIpc) is 3.05. The number of hydrogen-bond donors (Lipinski definition) is 0. The molecule has 1 fully saturated rings. The summed E-state index contributed by atoms with van der Waals surface area (Å²) in [5, 5.41) is 0.950. The first kappa shape index (κ1) is 23.3. The highest BCUT2D eigenvalue weighted by Gasteiger charge is 2.38. The Morgan fingerprint density at radius 3 is 2.39 bits per heavy atom. The summed E-state index contributed by atoms with van der Waals surface area (Å²) in [6.45, 7) is 5.23. The summed E-state index contributed by atoms with van der Waals surface area (Å²) < 4.78 is 16.2. The number of rotatable bonds is 9. The number of carbonyl (C=O) groups is 1. The van der Waals surface area contributed by atoms with Crippen molar-refractivity contribution in [1.29, 1.82) is 0 Å². The fourth-order valence-electron chi connectivity index (χ4n) is 3.30. The molecule has 6 nitrogen and oxygen atoms in total. The van der Waals surface area contributed by atoms with Crippen molar-refractivity contribution in [2.24, 2.45) is 4.99 Å². The van der Waals surface area contributed by atoms with E-state index in [1.165, 1.54) is 11.8 Å². The van der Waals surface area contributed by atoms with Crippen molar-refractivity contribution in [3.8, 4) is 17.2 Å². The summed E-state index contributed by atoms with van der Waals surface area (Å²) in [4.78, 5) is 19.6. The van der Waals surface area contributed by atoms with Crippen LogP contribution in [0, 0.1) is 0 Å². The molecule has 166 valence electrons. The Labute approximate surface area is 192 Å². The highest BCUT2D eigenvalue weighted by molar-refractivity contribution is 8.15. The van der Waals surface area contributed by atoms with Gasteiger partial charge in [0.1, 0.15) is 5.75 Å². The standard InChI is InChI=1S/C23H27ClN2O4S/c1-5-11-26-22(27)21(13-15-12-19(28-3)20(29-4)14-18(15)24)31-23(26)25-16-7-9-17(10-8-16)30-6-2/h7-10,12,14,21H,5-6,11,13H2,1-4H3/t21-/m0/s1.